The summed E-state index contributed by atoms with van der Waals surface area (Å²) < 4.78 is 23.1. The number of rotatable bonds is 12. The first-order valence-corrected chi connectivity index (χ1v) is 16.4. The minimum absolute atomic E-state index is 0.238. The van der Waals surface area contributed by atoms with Crippen molar-refractivity contribution in [3.8, 4) is 11.5 Å². The Morgan fingerprint density at radius 3 is 1.14 bits per heavy atom. The maximum Gasteiger partial charge on any atom is 0.338 e. The Balaban J connectivity index is 0.891. The highest BCUT2D eigenvalue weighted by molar-refractivity contribution is 5.96. The average Bonchev–Trinajstić information content (AvgIpc) is 3.18. The molecule has 0 saturated carbocycles. The molecule has 0 aliphatic heterocycles. The van der Waals surface area contributed by atoms with Crippen LogP contribution < -0.4 is 9.47 Å². The number of esters is 2. The lowest BCUT2D eigenvalue weighted by atomic mass is 10.1. The summed E-state index contributed by atoms with van der Waals surface area (Å²) in [6.45, 7) is 1.32. The largest absolute Gasteiger partial charge is 0.489 e. The third-order valence-electron chi connectivity index (χ3n) is 8.35. The molecule has 0 N–H and O–H groups in total. The standard InChI is InChI=1S/C44H34O6/c45-43(49-29-31-7-3-1-4-8-31)39-17-15-37-25-41(21-19-35(37)23-39)47-27-33-11-13-34(14-12-33)28-48-42-22-20-36-24-40(18-16-38(36)26-42)44(46)50-30-32-9-5-2-6-10-32/h1-26H,27-30H2. The lowest BCUT2D eigenvalue weighted by Crippen LogP contribution is -2.05. The highest BCUT2D eigenvalue weighted by Gasteiger charge is 2.11. The van der Waals surface area contributed by atoms with Crippen molar-refractivity contribution in [2.24, 2.45) is 0 Å². The molecule has 7 aromatic rings. The molecule has 0 saturated heterocycles. The number of fused-ring (bicyclic) bond motifs is 2. The monoisotopic (exact) mass is 658 g/mol. The fourth-order valence-electron chi connectivity index (χ4n) is 5.56. The Bertz CT molecular complexity index is 2080. The molecule has 0 heterocycles. The second kappa shape index (κ2) is 15.2. The van der Waals surface area contributed by atoms with E-state index in [4.69, 9.17) is 18.9 Å². The SMILES string of the molecule is O=C(OCc1ccccc1)c1ccc2cc(OCc3ccc(COc4ccc5cc(C(=O)OCc6ccccc6)ccc5c4)cc3)ccc2c1. The predicted octanol–water partition coefficient (Wildman–Crippen LogP) is 9.86. The van der Waals surface area contributed by atoms with Gasteiger partial charge in [-0.05, 0) is 92.3 Å². The molecule has 0 aromatic heterocycles. The zero-order valence-corrected chi connectivity index (χ0v) is 27.3. The second-order valence-corrected chi connectivity index (χ2v) is 12.0. The van der Waals surface area contributed by atoms with Crippen molar-refractivity contribution in [2.75, 3.05) is 0 Å². The van der Waals surface area contributed by atoms with Gasteiger partial charge in [-0.2, -0.15) is 0 Å². The molecule has 7 rings (SSSR count). The van der Waals surface area contributed by atoms with Gasteiger partial charge in [-0.3, -0.25) is 0 Å². The molecule has 0 aliphatic carbocycles. The van der Waals surface area contributed by atoms with Crippen molar-refractivity contribution in [1.82, 2.24) is 0 Å². The van der Waals surface area contributed by atoms with E-state index in [0.717, 1.165) is 55.3 Å². The number of carbonyl (C=O) groups is 2. The van der Waals surface area contributed by atoms with E-state index >= 15 is 0 Å². The fourth-order valence-corrected chi connectivity index (χ4v) is 5.56. The molecular weight excluding hydrogens is 624 g/mol. The van der Waals surface area contributed by atoms with Gasteiger partial charge in [0.05, 0.1) is 11.1 Å². The Morgan fingerprint density at radius 2 is 0.720 bits per heavy atom. The average molecular weight is 659 g/mol. The van der Waals surface area contributed by atoms with Crippen LogP contribution in [0.1, 0.15) is 43.0 Å². The van der Waals surface area contributed by atoms with Crippen LogP contribution in [0.4, 0.5) is 0 Å². The van der Waals surface area contributed by atoms with Crippen LogP contribution >= 0.6 is 0 Å². The van der Waals surface area contributed by atoms with E-state index in [1.807, 2.05) is 146 Å². The molecule has 0 bridgehead atoms. The molecule has 246 valence electrons. The van der Waals surface area contributed by atoms with E-state index in [0.29, 0.717) is 24.3 Å². The number of ether oxygens (including phenoxy) is 4. The summed E-state index contributed by atoms with van der Waals surface area (Å²) in [5.74, 6) is 0.793. The minimum atomic E-state index is -0.351. The van der Waals surface area contributed by atoms with Crippen LogP contribution in [-0.4, -0.2) is 11.9 Å². The van der Waals surface area contributed by atoms with E-state index < -0.39 is 0 Å². The predicted molar refractivity (Wildman–Crippen MR) is 194 cm³/mol. The third kappa shape index (κ3) is 8.17. The van der Waals surface area contributed by atoms with Crippen molar-refractivity contribution in [1.29, 1.82) is 0 Å². The Labute approximate surface area is 290 Å². The topological polar surface area (TPSA) is 71.1 Å². The first-order chi connectivity index (χ1) is 24.6. The maximum absolute atomic E-state index is 12.6. The maximum atomic E-state index is 12.6. The molecular formula is C44H34O6. The van der Waals surface area contributed by atoms with Crippen LogP contribution in [0.3, 0.4) is 0 Å². The molecule has 50 heavy (non-hydrogen) atoms. The highest BCUT2D eigenvalue weighted by Crippen LogP contribution is 2.25. The molecule has 0 fully saturated rings. The van der Waals surface area contributed by atoms with Crippen LogP contribution in [0, 0.1) is 0 Å². The van der Waals surface area contributed by atoms with E-state index in [1.54, 1.807) is 12.1 Å². The van der Waals surface area contributed by atoms with Crippen molar-refractivity contribution in [3.05, 3.63) is 191 Å². The Morgan fingerprint density at radius 1 is 0.360 bits per heavy atom. The van der Waals surface area contributed by atoms with Crippen LogP contribution in [0.25, 0.3) is 21.5 Å². The zero-order chi connectivity index (χ0) is 34.1. The Hall–Kier alpha value is -6.40. The van der Waals surface area contributed by atoms with Crippen LogP contribution in [0.15, 0.2) is 158 Å². The van der Waals surface area contributed by atoms with Crippen LogP contribution in [0.5, 0.6) is 11.5 Å². The molecule has 7 aromatic carbocycles. The number of carbonyl (C=O) groups excluding carboxylic acids is 2. The van der Waals surface area contributed by atoms with E-state index in [9.17, 15) is 9.59 Å². The van der Waals surface area contributed by atoms with E-state index in [-0.39, 0.29) is 25.2 Å². The van der Waals surface area contributed by atoms with Gasteiger partial charge in [0.2, 0.25) is 0 Å². The number of hydrogen-bond acceptors (Lipinski definition) is 6. The van der Waals surface area contributed by atoms with Crippen LogP contribution in [-0.2, 0) is 35.9 Å². The molecule has 6 heteroatoms. The zero-order valence-electron chi connectivity index (χ0n) is 27.3. The summed E-state index contributed by atoms with van der Waals surface area (Å²) in [5.41, 5.74) is 5.00. The first-order valence-electron chi connectivity index (χ1n) is 16.4. The summed E-state index contributed by atoms with van der Waals surface area (Å²) in [6, 6.07) is 50.1. The van der Waals surface area contributed by atoms with Gasteiger partial charge in [-0.15, -0.1) is 0 Å². The van der Waals surface area contributed by atoms with Gasteiger partial charge in [-0.25, -0.2) is 9.59 Å². The molecule has 0 unspecified atom stereocenters. The fraction of sp³-hybridized carbons (Fsp3) is 0.0909. The van der Waals surface area contributed by atoms with E-state index in [1.165, 1.54) is 0 Å². The van der Waals surface area contributed by atoms with Crippen molar-refractivity contribution in [3.63, 3.8) is 0 Å². The summed E-state index contributed by atoms with van der Waals surface area (Å²) in [7, 11) is 0. The molecule has 0 aliphatic rings. The molecule has 6 nitrogen and oxygen atoms in total. The first kappa shape index (κ1) is 32.2. The van der Waals surface area contributed by atoms with Crippen LogP contribution in [0.2, 0.25) is 0 Å². The lowest BCUT2D eigenvalue weighted by molar-refractivity contribution is 0.0464. The summed E-state index contributed by atoms with van der Waals surface area (Å²) in [6.07, 6.45) is 0. The molecule has 0 spiro atoms. The van der Waals surface area contributed by atoms with Crippen molar-refractivity contribution in [2.45, 2.75) is 26.4 Å². The highest BCUT2D eigenvalue weighted by atomic mass is 16.5. The smallest absolute Gasteiger partial charge is 0.338 e. The third-order valence-corrected chi connectivity index (χ3v) is 8.35. The van der Waals surface area contributed by atoms with Gasteiger partial charge < -0.3 is 18.9 Å². The summed E-state index contributed by atoms with van der Waals surface area (Å²) in [4.78, 5) is 25.2. The van der Waals surface area contributed by atoms with Gasteiger partial charge in [-0.1, -0.05) is 109 Å². The minimum Gasteiger partial charge on any atom is -0.489 e. The van der Waals surface area contributed by atoms with Gasteiger partial charge >= 0.3 is 11.9 Å². The van der Waals surface area contributed by atoms with Gasteiger partial charge in [0.15, 0.2) is 0 Å². The summed E-state index contributed by atoms with van der Waals surface area (Å²) >= 11 is 0. The van der Waals surface area contributed by atoms with E-state index in [2.05, 4.69) is 0 Å². The van der Waals surface area contributed by atoms with Gasteiger partial charge in [0.25, 0.3) is 0 Å². The molecule has 0 amide bonds. The summed E-state index contributed by atoms with van der Waals surface area (Å²) in [5, 5.41) is 3.83. The van der Waals surface area contributed by atoms with Crippen molar-refractivity contribution >= 4 is 33.5 Å². The Kier molecular flexibility index (Phi) is 9.79. The van der Waals surface area contributed by atoms with Gasteiger partial charge in [0, 0.05) is 0 Å². The molecule has 0 atom stereocenters. The van der Waals surface area contributed by atoms with Gasteiger partial charge in [0.1, 0.15) is 37.9 Å². The van der Waals surface area contributed by atoms with Crippen molar-refractivity contribution < 1.29 is 28.5 Å². The second-order valence-electron chi connectivity index (χ2n) is 12.0. The quantitative estimate of drug-likeness (QED) is 0.122. The number of hydrogen-bond donors (Lipinski definition) is 0. The normalized spacial score (nSPS) is 10.9. The lowest BCUT2D eigenvalue weighted by Gasteiger charge is -2.11. The number of benzene rings is 7. The molecule has 0 radical (unpaired) electrons.